The minimum absolute atomic E-state index is 1.83. The average Bonchev–Trinajstić information content (AvgIpc) is 1.70. The molecule has 0 atom stereocenters. The van der Waals surface area contributed by atoms with Crippen molar-refractivity contribution in [3.8, 4) is 0 Å². The molecule has 16 heteroatoms. The van der Waals surface area contributed by atoms with E-state index in [1.165, 1.54) is 0 Å². The molecule has 0 unspecified atom stereocenters. The molecule has 0 heterocycles. The Kier molecular flexibility index (Phi) is 17.4. The zero-order valence-corrected chi connectivity index (χ0v) is 9.79. The number of hydrogen-bond acceptors (Lipinski definition) is 4. The Bertz CT molecular complexity index is 249. The Morgan fingerprint density at radius 3 is 0.556 bits per heavy atom. The van der Waals surface area contributed by atoms with Crippen molar-refractivity contribution in [3.63, 3.8) is 0 Å². The van der Waals surface area contributed by atoms with Crippen LogP contribution in [0.15, 0.2) is 0 Å². The lowest BCUT2D eigenvalue weighted by molar-refractivity contribution is 0.135. The van der Waals surface area contributed by atoms with Gasteiger partial charge < -0.3 is 49.8 Å². The summed E-state index contributed by atoms with van der Waals surface area (Å²) in [7, 11) is -9.28. The Balaban J connectivity index is -0.0000000731. The average molecular weight is 320 g/mol. The highest BCUT2D eigenvalue weighted by atomic mass is 31.2. The van der Waals surface area contributed by atoms with E-state index in [0.29, 0.717) is 0 Å². The van der Waals surface area contributed by atoms with E-state index in [-0.39, 0.29) is 0 Å². The van der Waals surface area contributed by atoms with Crippen LogP contribution in [0.25, 0.3) is 0 Å². The third kappa shape index (κ3) is 1820. The zero-order valence-electron chi connectivity index (χ0n) is 8.00. The van der Waals surface area contributed by atoms with Crippen LogP contribution in [0.2, 0.25) is 0 Å². The van der Waals surface area contributed by atoms with Crippen LogP contribution < -0.4 is 0 Å². The van der Waals surface area contributed by atoms with Gasteiger partial charge in [0.2, 0.25) is 0 Å². The van der Waals surface area contributed by atoms with Gasteiger partial charge in [0, 0.05) is 0 Å². The van der Waals surface area contributed by atoms with Crippen LogP contribution in [0.5, 0.6) is 0 Å². The van der Waals surface area contributed by atoms with Crippen molar-refractivity contribution in [2.75, 3.05) is 0 Å². The first-order valence-electron chi connectivity index (χ1n) is 2.87. The quantitative estimate of drug-likeness (QED) is 0.229. The van der Waals surface area contributed by atoms with Gasteiger partial charge in [0.05, 0.1) is 0 Å². The molecule has 0 saturated heterocycles. The van der Waals surface area contributed by atoms with Gasteiger partial charge in [0.15, 0.2) is 0 Å². The van der Waals surface area contributed by atoms with Gasteiger partial charge in [-0.25, -0.2) is 18.7 Å². The standard InChI is InChI=1S/2CH2O3.2H3O4P/c2*2-1(3)4;2*1-5(2,3)4/h2*(H2,2,3,4);2*(H3,1,2,3,4). The SMILES string of the molecule is O=C(O)O.O=C(O)O.O=P(O)(O)O.O=P(O)(O)O. The lowest BCUT2D eigenvalue weighted by Gasteiger charge is -1.82. The fourth-order valence-corrected chi connectivity index (χ4v) is 0. The second-order valence-corrected chi connectivity index (χ2v) is 3.64. The molecule has 10 N–H and O–H groups in total. The van der Waals surface area contributed by atoms with Crippen molar-refractivity contribution in [2.45, 2.75) is 0 Å². The third-order valence-electron chi connectivity index (χ3n) is 0. The Labute approximate surface area is 97.5 Å². The molecule has 0 aliphatic rings. The highest BCUT2D eigenvalue weighted by Crippen LogP contribution is 2.26. The molecule has 0 fully saturated rings. The summed E-state index contributed by atoms with van der Waals surface area (Å²) in [5.41, 5.74) is 0. The van der Waals surface area contributed by atoms with Crippen LogP contribution in [-0.2, 0) is 9.13 Å². The molecule has 0 amide bonds. The molecule has 0 aromatic heterocycles. The molecule has 14 nitrogen and oxygen atoms in total. The van der Waals surface area contributed by atoms with Gasteiger partial charge in [-0.3, -0.25) is 0 Å². The molecule has 0 aliphatic heterocycles. The molecule has 0 aromatic carbocycles. The normalized spacial score (nSPS) is 9.22. The number of rotatable bonds is 0. The number of carbonyl (C=O) groups is 2. The molecule has 112 valence electrons. The van der Waals surface area contributed by atoms with Crippen LogP contribution >= 0.6 is 15.6 Å². The van der Waals surface area contributed by atoms with E-state index in [1.54, 1.807) is 0 Å². The van der Waals surface area contributed by atoms with Crippen LogP contribution in [-0.4, -0.2) is 62.1 Å². The summed E-state index contributed by atoms with van der Waals surface area (Å²) < 4.78 is 17.8. The predicted molar refractivity (Wildman–Crippen MR) is 49.8 cm³/mol. The number of carboxylic acid groups (broad SMARTS) is 4. The fourth-order valence-electron chi connectivity index (χ4n) is 0. The minimum Gasteiger partial charge on any atom is -0.450 e. The Morgan fingerprint density at radius 1 is 0.556 bits per heavy atom. The van der Waals surface area contributed by atoms with E-state index in [9.17, 15) is 0 Å². The van der Waals surface area contributed by atoms with Crippen molar-refractivity contribution in [1.29, 1.82) is 0 Å². The molecule has 18 heavy (non-hydrogen) atoms. The summed E-state index contributed by atoms with van der Waals surface area (Å²) in [5, 5.41) is 27.9. The first-order chi connectivity index (χ1) is 7.46. The van der Waals surface area contributed by atoms with E-state index >= 15 is 0 Å². The first-order valence-corrected chi connectivity index (χ1v) is 6.00. The van der Waals surface area contributed by atoms with E-state index < -0.39 is 28.0 Å². The summed E-state index contributed by atoms with van der Waals surface area (Å²) in [6.45, 7) is 0. The summed E-state index contributed by atoms with van der Waals surface area (Å²) >= 11 is 0. The van der Waals surface area contributed by atoms with Gasteiger partial charge >= 0.3 is 28.0 Å². The molecule has 0 rings (SSSR count). The highest BCUT2D eigenvalue weighted by molar-refractivity contribution is 7.45. The van der Waals surface area contributed by atoms with E-state index in [1.807, 2.05) is 0 Å². The topological polar surface area (TPSA) is 271 Å². The molecule has 0 radical (unpaired) electrons. The fraction of sp³-hybridized carbons (Fsp3) is 0. The summed E-state index contributed by atoms with van der Waals surface area (Å²) in [6.07, 6.45) is -3.67. The van der Waals surface area contributed by atoms with Gasteiger partial charge in [-0.15, -0.1) is 0 Å². The zero-order chi connectivity index (χ0) is 16.2. The third-order valence-corrected chi connectivity index (χ3v) is 0. The van der Waals surface area contributed by atoms with Crippen molar-refractivity contribution in [3.05, 3.63) is 0 Å². The lowest BCUT2D eigenvalue weighted by atomic mass is 11.5. The second kappa shape index (κ2) is 12.2. The summed E-state index contributed by atoms with van der Waals surface area (Å²) in [5.74, 6) is 0. The smallest absolute Gasteiger partial charge is 0.450 e. The lowest BCUT2D eigenvalue weighted by Crippen LogP contribution is -1.81. The van der Waals surface area contributed by atoms with Gasteiger partial charge in [0.1, 0.15) is 0 Å². The van der Waals surface area contributed by atoms with Gasteiger partial charge in [0.25, 0.3) is 0 Å². The van der Waals surface area contributed by atoms with Crippen LogP contribution in [0.1, 0.15) is 0 Å². The van der Waals surface area contributed by atoms with Gasteiger partial charge in [-0.2, -0.15) is 0 Å². The molecular weight excluding hydrogens is 310 g/mol. The van der Waals surface area contributed by atoms with Crippen molar-refractivity contribution >= 4 is 28.0 Å². The van der Waals surface area contributed by atoms with Crippen molar-refractivity contribution < 1.29 is 68.5 Å². The van der Waals surface area contributed by atoms with Crippen molar-refractivity contribution in [2.24, 2.45) is 0 Å². The second-order valence-electron chi connectivity index (χ2n) is 1.59. The van der Waals surface area contributed by atoms with E-state index in [2.05, 4.69) is 0 Å². The van der Waals surface area contributed by atoms with Gasteiger partial charge in [-0.05, 0) is 0 Å². The molecule has 0 aromatic rings. The monoisotopic (exact) mass is 320 g/mol. The maximum atomic E-state index is 8.88. The van der Waals surface area contributed by atoms with Crippen LogP contribution in [0.3, 0.4) is 0 Å². The van der Waals surface area contributed by atoms with Crippen LogP contribution in [0, 0.1) is 0 Å². The highest BCUT2D eigenvalue weighted by Gasteiger charge is 2.00. The Hall–Kier alpha value is -1.24. The first kappa shape index (κ1) is 25.6. The summed E-state index contributed by atoms with van der Waals surface area (Å²) in [6, 6.07) is 0. The van der Waals surface area contributed by atoms with Gasteiger partial charge in [-0.1, -0.05) is 0 Å². The summed E-state index contributed by atoms with van der Waals surface area (Å²) in [4.78, 5) is 60.2. The molecule has 0 bridgehead atoms. The van der Waals surface area contributed by atoms with Crippen LogP contribution in [0.4, 0.5) is 9.59 Å². The molecule has 0 spiro atoms. The molecule has 0 saturated carbocycles. The number of hydrogen-bond donors (Lipinski definition) is 10. The van der Waals surface area contributed by atoms with E-state index in [0.717, 1.165) is 0 Å². The predicted octanol–water partition coefficient (Wildman–Crippen LogP) is -1.41. The number of phosphoric acid groups is 2. The molecular formula is C2H10O14P2. The largest absolute Gasteiger partial charge is 0.503 e. The maximum absolute atomic E-state index is 8.88. The Morgan fingerprint density at radius 2 is 0.556 bits per heavy atom. The minimum atomic E-state index is -4.64. The molecule has 0 aliphatic carbocycles. The van der Waals surface area contributed by atoms with Crippen molar-refractivity contribution in [1.82, 2.24) is 0 Å². The maximum Gasteiger partial charge on any atom is 0.503 e. The van der Waals surface area contributed by atoms with E-state index in [4.69, 9.17) is 68.5 Å².